The van der Waals surface area contributed by atoms with Gasteiger partial charge in [0.25, 0.3) is 0 Å². The van der Waals surface area contributed by atoms with E-state index in [0.29, 0.717) is 15.6 Å². The minimum absolute atomic E-state index is 0.143. The quantitative estimate of drug-likeness (QED) is 0.788. The van der Waals surface area contributed by atoms with E-state index in [4.69, 9.17) is 5.73 Å². The van der Waals surface area contributed by atoms with Crippen LogP contribution in [0.15, 0.2) is 39.8 Å². The van der Waals surface area contributed by atoms with Crippen molar-refractivity contribution >= 4 is 35.4 Å². The lowest BCUT2D eigenvalue weighted by Crippen LogP contribution is -2.68. The number of β-lactam (4-membered cyclic amide) rings is 1. The van der Waals surface area contributed by atoms with Crippen LogP contribution < -0.4 is 5.73 Å². The number of carbonyl (C=O) groups excluding carboxylic acids is 1. The molecule has 1 saturated heterocycles. The zero-order chi connectivity index (χ0) is 17.6. The summed E-state index contributed by atoms with van der Waals surface area (Å²) >= 11 is 2.38. The van der Waals surface area contributed by atoms with Crippen LogP contribution in [0, 0.1) is 0 Å². The molecule has 5 nitrogen and oxygen atoms in total. The van der Waals surface area contributed by atoms with Crippen LogP contribution in [-0.2, 0) is 15.8 Å². The molecular weight excluding hydrogens is 365 g/mol. The summed E-state index contributed by atoms with van der Waals surface area (Å²) in [4.78, 5) is 25.4. The largest absolute Gasteiger partial charge is 0.477 e. The fraction of sp³-hybridized carbons (Fsp3) is 0.286. The van der Waals surface area contributed by atoms with E-state index in [-0.39, 0.29) is 5.70 Å². The molecule has 1 aromatic carbocycles. The molecular formula is C14H11F3N2O3S2. The Morgan fingerprint density at radius 1 is 1.33 bits per heavy atom. The zero-order valence-corrected chi connectivity index (χ0v) is 13.5. The van der Waals surface area contributed by atoms with Gasteiger partial charge in [-0.2, -0.15) is 13.2 Å². The Hall–Kier alpha value is -1.65. The first kappa shape index (κ1) is 17.2. The minimum Gasteiger partial charge on any atom is -0.477 e. The van der Waals surface area contributed by atoms with Crippen molar-refractivity contribution in [2.24, 2.45) is 5.73 Å². The molecule has 0 aromatic heterocycles. The molecule has 24 heavy (non-hydrogen) atoms. The van der Waals surface area contributed by atoms with Crippen LogP contribution in [-0.4, -0.2) is 39.1 Å². The standard InChI is InChI=1S/C14H11F3N2O3S2/c15-14(16,17)6-1-3-7(4-2-6)24-8-5-23-12-9(18)11(20)19(12)10(8)13(21)22/h1-4,9,12H,5,18H2,(H,21,22)/t9?,12-/m1/s1. The summed E-state index contributed by atoms with van der Waals surface area (Å²) in [6.07, 6.45) is -4.43. The van der Waals surface area contributed by atoms with Crippen molar-refractivity contribution in [1.82, 2.24) is 4.90 Å². The average molecular weight is 376 g/mol. The molecule has 1 aromatic rings. The summed E-state index contributed by atoms with van der Waals surface area (Å²) in [7, 11) is 0. The maximum atomic E-state index is 12.6. The first-order valence-electron chi connectivity index (χ1n) is 6.72. The molecule has 0 aliphatic carbocycles. The molecule has 3 rings (SSSR count). The Morgan fingerprint density at radius 3 is 2.50 bits per heavy atom. The highest BCUT2D eigenvalue weighted by molar-refractivity contribution is 8.06. The van der Waals surface area contributed by atoms with Crippen molar-refractivity contribution in [3.63, 3.8) is 0 Å². The van der Waals surface area contributed by atoms with Crippen molar-refractivity contribution in [1.29, 1.82) is 0 Å². The number of aliphatic carboxylic acids is 1. The van der Waals surface area contributed by atoms with E-state index >= 15 is 0 Å². The van der Waals surface area contributed by atoms with Gasteiger partial charge in [0, 0.05) is 15.6 Å². The van der Waals surface area contributed by atoms with E-state index in [2.05, 4.69) is 0 Å². The van der Waals surface area contributed by atoms with Gasteiger partial charge in [-0.25, -0.2) is 4.79 Å². The van der Waals surface area contributed by atoms with E-state index in [1.807, 2.05) is 0 Å². The summed E-state index contributed by atoms with van der Waals surface area (Å²) in [5.74, 6) is -1.39. The fourth-order valence-corrected chi connectivity index (χ4v) is 4.84. The number of carboxylic acids is 1. The normalized spacial score (nSPS) is 23.8. The summed E-state index contributed by atoms with van der Waals surface area (Å²) < 4.78 is 37.7. The van der Waals surface area contributed by atoms with Gasteiger partial charge in [0.05, 0.1) is 5.56 Å². The Morgan fingerprint density at radius 2 is 1.96 bits per heavy atom. The summed E-state index contributed by atoms with van der Waals surface area (Å²) in [6, 6.07) is 3.71. The third-order valence-electron chi connectivity index (χ3n) is 3.60. The van der Waals surface area contributed by atoms with Crippen LogP contribution in [0.25, 0.3) is 0 Å². The highest BCUT2D eigenvalue weighted by Crippen LogP contribution is 2.44. The molecule has 0 saturated carbocycles. The molecule has 3 N–H and O–H groups in total. The molecule has 2 atom stereocenters. The minimum atomic E-state index is -4.43. The summed E-state index contributed by atoms with van der Waals surface area (Å²) in [5.41, 5.74) is 4.73. The lowest BCUT2D eigenvalue weighted by molar-refractivity contribution is -0.147. The van der Waals surface area contributed by atoms with Gasteiger partial charge in [-0.05, 0) is 24.3 Å². The molecule has 2 aliphatic rings. The van der Waals surface area contributed by atoms with E-state index in [0.717, 1.165) is 28.8 Å². The lowest BCUT2D eigenvalue weighted by atomic mass is 10.1. The fourth-order valence-electron chi connectivity index (χ4n) is 2.42. The smallest absolute Gasteiger partial charge is 0.416 e. The van der Waals surface area contributed by atoms with Gasteiger partial charge in [-0.1, -0.05) is 11.8 Å². The number of hydrogen-bond donors (Lipinski definition) is 2. The van der Waals surface area contributed by atoms with Crippen molar-refractivity contribution in [3.8, 4) is 0 Å². The Bertz CT molecular complexity index is 734. The van der Waals surface area contributed by atoms with E-state index in [1.165, 1.54) is 23.9 Å². The molecule has 0 bridgehead atoms. The van der Waals surface area contributed by atoms with Gasteiger partial charge in [0.1, 0.15) is 17.1 Å². The number of benzene rings is 1. The molecule has 1 amide bonds. The van der Waals surface area contributed by atoms with E-state index < -0.39 is 35.0 Å². The SMILES string of the molecule is NC1C(=O)N2C(C(=O)O)=C(Sc3ccc(C(F)(F)F)cc3)CS[C@H]12. The maximum absolute atomic E-state index is 12.6. The second-order valence-corrected chi connectivity index (χ2v) is 7.41. The topological polar surface area (TPSA) is 83.6 Å². The van der Waals surface area contributed by atoms with Crippen LogP contribution in [0.5, 0.6) is 0 Å². The number of nitrogens with two attached hydrogens (primary N) is 1. The van der Waals surface area contributed by atoms with Gasteiger partial charge in [0.2, 0.25) is 5.91 Å². The molecule has 10 heteroatoms. The second kappa shape index (κ2) is 6.01. The maximum Gasteiger partial charge on any atom is 0.416 e. The third-order valence-corrected chi connectivity index (χ3v) is 6.18. The van der Waals surface area contributed by atoms with Crippen molar-refractivity contribution < 1.29 is 27.9 Å². The van der Waals surface area contributed by atoms with Gasteiger partial charge in [-0.3, -0.25) is 9.69 Å². The highest BCUT2D eigenvalue weighted by Gasteiger charge is 2.51. The number of alkyl halides is 3. The number of carbonyl (C=O) groups is 2. The van der Waals surface area contributed by atoms with Crippen LogP contribution in [0.4, 0.5) is 13.2 Å². The Kier molecular flexibility index (Phi) is 4.30. The van der Waals surface area contributed by atoms with E-state index in [1.54, 1.807) is 0 Å². The first-order valence-corrected chi connectivity index (χ1v) is 8.58. The number of carboxylic acid groups (broad SMARTS) is 1. The predicted molar refractivity (Wildman–Crippen MR) is 83.0 cm³/mol. The highest BCUT2D eigenvalue weighted by atomic mass is 32.2. The molecule has 1 fully saturated rings. The van der Waals surface area contributed by atoms with Crippen LogP contribution in [0.1, 0.15) is 5.56 Å². The number of hydrogen-bond acceptors (Lipinski definition) is 5. The number of amides is 1. The average Bonchev–Trinajstić information content (AvgIpc) is 2.53. The third kappa shape index (κ3) is 2.89. The number of rotatable bonds is 3. The number of fused-ring (bicyclic) bond motifs is 1. The van der Waals surface area contributed by atoms with Crippen LogP contribution in [0.3, 0.4) is 0 Å². The van der Waals surface area contributed by atoms with E-state index in [9.17, 15) is 27.9 Å². The summed E-state index contributed by atoms with van der Waals surface area (Å²) in [5, 5.41) is 9.00. The monoisotopic (exact) mass is 376 g/mol. The molecule has 2 heterocycles. The van der Waals surface area contributed by atoms with Gasteiger partial charge in [-0.15, -0.1) is 11.8 Å². The first-order chi connectivity index (χ1) is 11.2. The lowest BCUT2D eigenvalue weighted by Gasteiger charge is -2.47. The number of halogens is 3. The summed E-state index contributed by atoms with van der Waals surface area (Å²) in [6.45, 7) is 0. The van der Waals surface area contributed by atoms with Gasteiger partial charge < -0.3 is 10.8 Å². The van der Waals surface area contributed by atoms with Crippen molar-refractivity contribution in [2.75, 3.05) is 5.75 Å². The van der Waals surface area contributed by atoms with Gasteiger partial charge >= 0.3 is 12.1 Å². The van der Waals surface area contributed by atoms with Crippen LogP contribution in [0.2, 0.25) is 0 Å². The number of nitrogens with zero attached hydrogens (tertiary/aromatic N) is 1. The predicted octanol–water partition coefficient (Wildman–Crippen LogP) is 2.34. The zero-order valence-electron chi connectivity index (χ0n) is 11.9. The number of thioether (sulfide) groups is 2. The Labute approximate surface area is 143 Å². The van der Waals surface area contributed by atoms with Gasteiger partial charge in [0.15, 0.2) is 0 Å². The van der Waals surface area contributed by atoms with Crippen LogP contribution >= 0.6 is 23.5 Å². The molecule has 1 unspecified atom stereocenters. The molecule has 0 spiro atoms. The second-order valence-electron chi connectivity index (χ2n) is 5.14. The van der Waals surface area contributed by atoms with Crippen molar-refractivity contribution in [3.05, 3.63) is 40.4 Å². The molecule has 128 valence electrons. The molecule has 0 radical (unpaired) electrons. The van der Waals surface area contributed by atoms with Crippen molar-refractivity contribution in [2.45, 2.75) is 22.5 Å². The molecule has 2 aliphatic heterocycles. The Balaban J connectivity index is 1.87.